The number of nitrogens with one attached hydrogen (secondary N) is 1. The minimum atomic E-state index is 0.535. The Morgan fingerprint density at radius 1 is 0.714 bits per heavy atom. The number of benzene rings is 3. The lowest BCUT2D eigenvalue weighted by atomic mass is 9.93. The van der Waals surface area contributed by atoms with Crippen molar-refractivity contribution < 1.29 is 0 Å². The van der Waals surface area contributed by atoms with Crippen molar-refractivity contribution in [2.45, 2.75) is 44.6 Å². The second kappa shape index (κ2) is 7.63. The van der Waals surface area contributed by atoms with Gasteiger partial charge in [-0.25, -0.2) is 0 Å². The summed E-state index contributed by atoms with van der Waals surface area (Å²) in [5.41, 5.74) is 12.8. The van der Waals surface area contributed by atoms with Crippen LogP contribution in [0.5, 0.6) is 0 Å². The zero-order valence-corrected chi connectivity index (χ0v) is 16.2. The van der Waals surface area contributed by atoms with Gasteiger partial charge in [-0.15, -0.1) is 0 Å². The van der Waals surface area contributed by atoms with Crippen molar-refractivity contribution in [3.8, 4) is 22.3 Å². The highest BCUT2D eigenvalue weighted by Gasteiger charge is 2.21. The molecule has 2 aliphatic carbocycles. The molecule has 2 aliphatic rings. The minimum Gasteiger partial charge on any atom is -0.307 e. The summed E-state index contributed by atoms with van der Waals surface area (Å²) in [4.78, 5) is 0. The van der Waals surface area contributed by atoms with Crippen LogP contribution >= 0.6 is 0 Å². The van der Waals surface area contributed by atoms with E-state index in [1.807, 2.05) is 6.21 Å². The Labute approximate surface area is 167 Å². The Morgan fingerprint density at radius 2 is 1.39 bits per heavy atom. The van der Waals surface area contributed by atoms with Gasteiger partial charge < -0.3 is 5.43 Å². The molecule has 1 saturated carbocycles. The van der Waals surface area contributed by atoms with Crippen LogP contribution in [0.2, 0.25) is 0 Å². The summed E-state index contributed by atoms with van der Waals surface area (Å²) >= 11 is 0. The van der Waals surface area contributed by atoms with Gasteiger partial charge in [0.15, 0.2) is 0 Å². The summed E-state index contributed by atoms with van der Waals surface area (Å²) in [6, 6.07) is 24.6. The van der Waals surface area contributed by atoms with E-state index in [2.05, 4.69) is 77.3 Å². The lowest BCUT2D eigenvalue weighted by Crippen LogP contribution is -2.26. The van der Waals surface area contributed by atoms with E-state index in [4.69, 9.17) is 0 Å². The summed E-state index contributed by atoms with van der Waals surface area (Å²) in [6.45, 7) is 0. The molecule has 3 aromatic carbocycles. The number of hydrazone groups is 1. The zero-order valence-electron chi connectivity index (χ0n) is 16.2. The predicted molar refractivity (Wildman–Crippen MR) is 118 cm³/mol. The molecule has 0 bridgehead atoms. The first-order valence-corrected chi connectivity index (χ1v) is 10.5. The molecule has 0 spiro atoms. The standard InChI is InChI=1S/C26H26N2/c1-2-11-21(12-3-1)28-27-18-20-10-5-7-14-23(20)25-16-8-15-24-22-13-6-4-9-19(22)17-26(24)25/h4-10,13-16,18,21,28H,1-3,11-12,17H2/b27-18+. The second-order valence-corrected chi connectivity index (χ2v) is 7.98. The van der Waals surface area contributed by atoms with E-state index in [9.17, 15) is 0 Å². The molecule has 1 fully saturated rings. The molecule has 0 saturated heterocycles. The van der Waals surface area contributed by atoms with Gasteiger partial charge in [-0.2, -0.15) is 5.10 Å². The summed E-state index contributed by atoms with van der Waals surface area (Å²) < 4.78 is 0. The Morgan fingerprint density at radius 3 is 2.25 bits per heavy atom. The first kappa shape index (κ1) is 17.2. The first-order valence-electron chi connectivity index (χ1n) is 10.5. The summed E-state index contributed by atoms with van der Waals surface area (Å²) in [6.07, 6.45) is 9.50. The molecule has 0 aromatic heterocycles. The second-order valence-electron chi connectivity index (χ2n) is 7.98. The third kappa shape index (κ3) is 3.24. The third-order valence-electron chi connectivity index (χ3n) is 6.17. The van der Waals surface area contributed by atoms with Gasteiger partial charge in [0.25, 0.3) is 0 Å². The third-order valence-corrected chi connectivity index (χ3v) is 6.17. The van der Waals surface area contributed by atoms with Gasteiger partial charge in [-0.05, 0) is 52.6 Å². The molecule has 0 atom stereocenters. The molecule has 3 aromatic rings. The fourth-order valence-electron chi connectivity index (χ4n) is 4.71. The lowest BCUT2D eigenvalue weighted by Gasteiger charge is -2.20. The van der Waals surface area contributed by atoms with E-state index in [0.29, 0.717) is 6.04 Å². The fraction of sp³-hybridized carbons (Fsp3) is 0.269. The molecule has 28 heavy (non-hydrogen) atoms. The van der Waals surface area contributed by atoms with Crippen molar-refractivity contribution in [3.05, 3.63) is 83.4 Å². The SMILES string of the molecule is C(=N\NC1CCCCC1)/c1ccccc1-c1cccc2c1Cc1ccccc1-2. The molecule has 2 heteroatoms. The summed E-state index contributed by atoms with van der Waals surface area (Å²) in [5, 5.41) is 4.61. The molecule has 2 nitrogen and oxygen atoms in total. The van der Waals surface area contributed by atoms with Crippen LogP contribution in [0.15, 0.2) is 71.8 Å². The maximum absolute atomic E-state index is 4.61. The topological polar surface area (TPSA) is 24.4 Å². The van der Waals surface area contributed by atoms with Crippen molar-refractivity contribution in [2.75, 3.05) is 0 Å². The quantitative estimate of drug-likeness (QED) is 0.338. The molecule has 5 rings (SSSR count). The Kier molecular flexibility index (Phi) is 4.70. The van der Waals surface area contributed by atoms with Gasteiger partial charge in [0.1, 0.15) is 0 Å². The van der Waals surface area contributed by atoms with Crippen LogP contribution in [0.1, 0.15) is 48.8 Å². The zero-order chi connectivity index (χ0) is 18.8. The molecule has 0 radical (unpaired) electrons. The monoisotopic (exact) mass is 366 g/mol. The van der Waals surface area contributed by atoms with Crippen LogP contribution in [-0.4, -0.2) is 12.3 Å². The summed E-state index contributed by atoms with van der Waals surface area (Å²) in [5.74, 6) is 0. The van der Waals surface area contributed by atoms with Gasteiger partial charge in [0.05, 0.1) is 6.21 Å². The van der Waals surface area contributed by atoms with E-state index in [0.717, 1.165) is 6.42 Å². The Bertz CT molecular complexity index is 1010. The molecule has 0 unspecified atom stereocenters. The Balaban J connectivity index is 1.47. The van der Waals surface area contributed by atoms with E-state index in [1.54, 1.807) is 0 Å². The highest BCUT2D eigenvalue weighted by atomic mass is 15.3. The molecule has 0 amide bonds. The van der Waals surface area contributed by atoms with Crippen molar-refractivity contribution in [1.29, 1.82) is 0 Å². The molecule has 0 aliphatic heterocycles. The fourth-order valence-corrected chi connectivity index (χ4v) is 4.71. The van der Waals surface area contributed by atoms with Gasteiger partial charge in [0, 0.05) is 11.6 Å². The average molecular weight is 367 g/mol. The highest BCUT2D eigenvalue weighted by Crippen LogP contribution is 2.41. The van der Waals surface area contributed by atoms with Gasteiger partial charge >= 0.3 is 0 Å². The molecular formula is C26H26N2. The van der Waals surface area contributed by atoms with Crippen molar-refractivity contribution in [1.82, 2.24) is 5.43 Å². The van der Waals surface area contributed by atoms with E-state index in [-0.39, 0.29) is 0 Å². The summed E-state index contributed by atoms with van der Waals surface area (Å²) in [7, 11) is 0. The van der Waals surface area contributed by atoms with Crippen LogP contribution in [0.3, 0.4) is 0 Å². The average Bonchev–Trinajstić information content (AvgIpc) is 3.14. The van der Waals surface area contributed by atoms with E-state index in [1.165, 1.54) is 71.0 Å². The van der Waals surface area contributed by atoms with Gasteiger partial charge in [-0.1, -0.05) is 86.0 Å². The first-order chi connectivity index (χ1) is 13.9. The minimum absolute atomic E-state index is 0.535. The normalized spacial score (nSPS) is 16.1. The van der Waals surface area contributed by atoms with Crippen molar-refractivity contribution >= 4 is 6.21 Å². The van der Waals surface area contributed by atoms with Crippen molar-refractivity contribution in [2.24, 2.45) is 5.10 Å². The van der Waals surface area contributed by atoms with Gasteiger partial charge in [0.2, 0.25) is 0 Å². The molecule has 1 N–H and O–H groups in total. The van der Waals surface area contributed by atoms with Crippen molar-refractivity contribution in [3.63, 3.8) is 0 Å². The number of hydrogen-bond donors (Lipinski definition) is 1. The van der Waals surface area contributed by atoms with Crippen LogP contribution in [0.4, 0.5) is 0 Å². The van der Waals surface area contributed by atoms with E-state index >= 15 is 0 Å². The van der Waals surface area contributed by atoms with Crippen LogP contribution in [-0.2, 0) is 6.42 Å². The Hall–Kier alpha value is -2.87. The molecular weight excluding hydrogens is 340 g/mol. The molecule has 140 valence electrons. The molecule has 0 heterocycles. The number of rotatable bonds is 4. The number of hydrogen-bond acceptors (Lipinski definition) is 2. The van der Waals surface area contributed by atoms with Crippen LogP contribution < -0.4 is 5.43 Å². The van der Waals surface area contributed by atoms with Gasteiger partial charge in [-0.3, -0.25) is 0 Å². The maximum Gasteiger partial charge on any atom is 0.0546 e. The predicted octanol–water partition coefficient (Wildman–Crippen LogP) is 6.18. The van der Waals surface area contributed by atoms with Crippen LogP contribution in [0, 0.1) is 0 Å². The largest absolute Gasteiger partial charge is 0.307 e. The highest BCUT2D eigenvalue weighted by molar-refractivity contribution is 5.93. The van der Waals surface area contributed by atoms with Crippen LogP contribution in [0.25, 0.3) is 22.3 Å². The maximum atomic E-state index is 4.61. The van der Waals surface area contributed by atoms with E-state index < -0.39 is 0 Å². The number of nitrogens with zero attached hydrogens (tertiary/aromatic N) is 1. The lowest BCUT2D eigenvalue weighted by molar-refractivity contribution is 0.381. The smallest absolute Gasteiger partial charge is 0.0546 e. The number of fused-ring (bicyclic) bond motifs is 3.